The molecule has 0 bridgehead atoms. The molecular weight excluding hydrogens is 291 g/mol. The van der Waals surface area contributed by atoms with Crippen molar-refractivity contribution in [1.29, 1.82) is 0 Å². The van der Waals surface area contributed by atoms with E-state index in [0.29, 0.717) is 0 Å². The van der Waals surface area contributed by atoms with Crippen LogP contribution in [0.4, 0.5) is 9.59 Å². The predicted octanol–water partition coefficient (Wildman–Crippen LogP) is 0.643. The Hall–Kier alpha value is -1.38. The average molecular weight is 303 g/mol. The number of carboxylic acid groups (broad SMARTS) is 1. The number of rotatable bonds is 1. The van der Waals surface area contributed by atoms with Crippen LogP contribution in [0.15, 0.2) is 0 Å². The van der Waals surface area contributed by atoms with Crippen LogP contribution in [-0.2, 0) is 14.3 Å². The van der Waals surface area contributed by atoms with Crippen LogP contribution in [0.5, 0.6) is 0 Å². The third-order valence-corrected chi connectivity index (χ3v) is 1.27. The van der Waals surface area contributed by atoms with Gasteiger partial charge in [0.1, 0.15) is 12.1 Å². The molecule has 10 heteroatoms. The maximum absolute atomic E-state index is 10.3. The number of hydrogen-bond donors (Lipinski definition) is 3. The van der Waals surface area contributed by atoms with E-state index in [4.69, 9.17) is 15.6 Å². The molecule has 8 nitrogen and oxygen atoms in total. The van der Waals surface area contributed by atoms with Crippen molar-refractivity contribution in [2.75, 3.05) is 0 Å². The molecule has 1 aliphatic heterocycles. The van der Waals surface area contributed by atoms with Crippen molar-refractivity contribution in [3.8, 4) is 0 Å². The van der Waals surface area contributed by atoms with Gasteiger partial charge >= 0.3 is 22.7 Å². The van der Waals surface area contributed by atoms with Gasteiger partial charge in [0, 0.05) is 0 Å². The van der Waals surface area contributed by atoms with E-state index in [2.05, 4.69) is 33.3 Å². The molecule has 0 aromatic rings. The molecule has 18 heavy (non-hydrogen) atoms. The smallest absolute Gasteiger partial charge is 0.415 e. The van der Waals surface area contributed by atoms with E-state index in [1.807, 2.05) is 0 Å². The van der Waals surface area contributed by atoms with Crippen molar-refractivity contribution in [3.05, 3.63) is 0 Å². The largest absolute Gasteiger partial charge is 0.480 e. The third-order valence-electron chi connectivity index (χ3n) is 1.27. The molecule has 0 radical (unpaired) electrons. The number of nitrogens with one attached hydrogen (secondary N) is 1. The summed E-state index contributed by atoms with van der Waals surface area (Å²) in [7, 11) is 0. The van der Waals surface area contributed by atoms with Crippen LogP contribution < -0.4 is 11.1 Å². The van der Waals surface area contributed by atoms with Gasteiger partial charge < -0.3 is 20.9 Å². The van der Waals surface area contributed by atoms with Gasteiger partial charge in [-0.15, -0.1) is 0 Å². The molecule has 0 aromatic carbocycles. The van der Waals surface area contributed by atoms with E-state index in [0.717, 1.165) is 0 Å². The van der Waals surface area contributed by atoms with Gasteiger partial charge in [0.25, 0.3) is 0 Å². The van der Waals surface area contributed by atoms with E-state index in [1.54, 1.807) is 6.92 Å². The van der Waals surface area contributed by atoms with Gasteiger partial charge in [-0.3, -0.25) is 9.59 Å². The van der Waals surface area contributed by atoms with Crippen LogP contribution in [0.3, 0.4) is 0 Å². The van der Waals surface area contributed by atoms with Crippen molar-refractivity contribution in [1.82, 2.24) is 5.32 Å². The normalized spacial score (nSPS) is 18.2. The standard InChI is InChI=1S/C4H5NO3.C3H7NO2.CCl2O/c1-2-3(6)8-4(7)5-2;1-2(4)3(5)6;2-1(3)4/h2H,1H3,(H,5,7);2H,4H2,1H3,(H,5,6);/t2*2-;/m00./s1. The predicted molar refractivity (Wildman–Crippen MR) is 62.5 cm³/mol. The zero-order valence-corrected chi connectivity index (χ0v) is 11.0. The number of carboxylic acids is 1. The number of carbonyl (C=O) groups is 4. The lowest BCUT2D eigenvalue weighted by molar-refractivity contribution is -0.138. The van der Waals surface area contributed by atoms with Crippen LogP contribution in [0.1, 0.15) is 13.8 Å². The first kappa shape index (κ1) is 19.0. The number of hydrogen-bond acceptors (Lipinski definition) is 6. The number of amides is 1. The molecule has 1 aliphatic rings. The summed E-state index contributed by atoms with van der Waals surface area (Å²) >= 11 is 8.80. The molecule has 4 N–H and O–H groups in total. The van der Waals surface area contributed by atoms with Crippen LogP contribution in [0.25, 0.3) is 0 Å². The fourth-order valence-electron chi connectivity index (χ4n) is 0.445. The Kier molecular flexibility index (Phi) is 10.1. The second-order valence-electron chi connectivity index (χ2n) is 2.93. The molecule has 0 saturated carbocycles. The summed E-state index contributed by atoms with van der Waals surface area (Å²) in [6.45, 7) is 2.98. The molecule has 0 unspecified atom stereocenters. The molecule has 0 aromatic heterocycles. The Labute approximate surface area is 112 Å². The van der Waals surface area contributed by atoms with E-state index in [1.165, 1.54) is 6.92 Å². The van der Waals surface area contributed by atoms with Crippen molar-refractivity contribution in [2.45, 2.75) is 25.9 Å². The fourth-order valence-corrected chi connectivity index (χ4v) is 0.445. The van der Waals surface area contributed by atoms with E-state index in [9.17, 15) is 14.4 Å². The Morgan fingerprint density at radius 2 is 1.78 bits per heavy atom. The topological polar surface area (TPSA) is 136 Å². The second-order valence-corrected chi connectivity index (χ2v) is 3.81. The molecule has 1 rings (SSSR count). The molecule has 104 valence electrons. The molecule has 1 amide bonds. The second kappa shape index (κ2) is 9.63. The quantitative estimate of drug-likeness (QED) is 0.367. The summed E-state index contributed by atoms with van der Waals surface area (Å²) in [6.07, 6.45) is -0.650. The summed E-state index contributed by atoms with van der Waals surface area (Å²) in [5, 5.41) is 10.1. The average Bonchev–Trinajstić information content (AvgIpc) is 2.43. The lowest BCUT2D eigenvalue weighted by atomic mass is 10.4. The van der Waals surface area contributed by atoms with E-state index >= 15 is 0 Å². The Balaban J connectivity index is 0. The van der Waals surface area contributed by atoms with Gasteiger partial charge in [0.05, 0.1) is 0 Å². The maximum atomic E-state index is 10.3. The van der Waals surface area contributed by atoms with Gasteiger partial charge in [-0.25, -0.2) is 9.59 Å². The maximum Gasteiger partial charge on any atom is 0.415 e. The molecule has 0 aliphatic carbocycles. The van der Waals surface area contributed by atoms with E-state index in [-0.39, 0.29) is 0 Å². The van der Waals surface area contributed by atoms with Crippen molar-refractivity contribution in [2.24, 2.45) is 5.73 Å². The van der Waals surface area contributed by atoms with E-state index < -0.39 is 34.8 Å². The Morgan fingerprint density at radius 1 is 1.44 bits per heavy atom. The summed E-state index contributed by atoms with van der Waals surface area (Å²) in [5.41, 5.74) is 4.84. The summed E-state index contributed by atoms with van der Waals surface area (Å²) < 4.78 is 3.20. The highest BCUT2D eigenvalue weighted by molar-refractivity contribution is 6.93. The number of alkyl carbamates (subject to hydrolysis) is 1. The van der Waals surface area contributed by atoms with Crippen molar-refractivity contribution < 1.29 is 29.0 Å². The molecular formula is C8H12Cl2N2O6. The molecule has 2 atom stereocenters. The van der Waals surface area contributed by atoms with Crippen molar-refractivity contribution in [3.63, 3.8) is 0 Å². The van der Waals surface area contributed by atoms with Gasteiger partial charge in [0.2, 0.25) is 0 Å². The molecule has 1 heterocycles. The minimum absolute atomic E-state index is 0.470. The molecule has 0 spiro atoms. The summed E-state index contributed by atoms with van der Waals surface area (Å²) in [4.78, 5) is 38.9. The van der Waals surface area contributed by atoms with Crippen LogP contribution in [-0.4, -0.2) is 39.9 Å². The number of esters is 1. The van der Waals surface area contributed by atoms with Gasteiger partial charge in [-0.1, -0.05) is 0 Å². The van der Waals surface area contributed by atoms with Crippen LogP contribution in [0, 0.1) is 0 Å². The highest BCUT2D eigenvalue weighted by Gasteiger charge is 2.27. The van der Waals surface area contributed by atoms with Crippen LogP contribution in [0.2, 0.25) is 0 Å². The minimum atomic E-state index is -0.963. The van der Waals surface area contributed by atoms with Gasteiger partial charge in [-0.05, 0) is 37.0 Å². The molecule has 1 saturated heterocycles. The zero-order chi connectivity index (χ0) is 14.9. The lowest BCUT2D eigenvalue weighted by Crippen LogP contribution is -2.25. The number of nitrogens with two attached hydrogens (primary N) is 1. The molecule has 1 fully saturated rings. The van der Waals surface area contributed by atoms with Gasteiger partial charge in [0.15, 0.2) is 0 Å². The number of cyclic esters (lactones) is 2. The number of ether oxygens (including phenoxy) is 1. The third kappa shape index (κ3) is 12.7. The minimum Gasteiger partial charge on any atom is -0.480 e. The number of carbonyl (C=O) groups excluding carboxylic acids is 3. The summed E-state index contributed by atoms with van der Waals surface area (Å²) in [6, 6.07) is -1.20. The van der Waals surface area contributed by atoms with Crippen molar-refractivity contribution >= 4 is 45.9 Å². The Bertz CT molecular complexity index is 330. The SMILES string of the molecule is C[C@@H]1NC(=O)OC1=O.C[C@H](N)C(=O)O.O=C(Cl)Cl. The number of halogens is 2. The van der Waals surface area contributed by atoms with Gasteiger partial charge in [-0.2, -0.15) is 0 Å². The van der Waals surface area contributed by atoms with Crippen LogP contribution >= 0.6 is 23.2 Å². The highest BCUT2D eigenvalue weighted by Crippen LogP contribution is 1.96. The first-order chi connectivity index (χ1) is 8.07. The zero-order valence-electron chi connectivity index (χ0n) is 9.48. The Morgan fingerprint density at radius 3 is 1.83 bits per heavy atom. The summed E-state index contributed by atoms with van der Waals surface area (Å²) in [5.74, 6) is -1.47. The highest BCUT2D eigenvalue weighted by atomic mass is 35.5. The fraction of sp³-hybridized carbons (Fsp3) is 0.500. The number of aliphatic carboxylic acids is 1. The first-order valence-corrected chi connectivity index (χ1v) is 5.19. The first-order valence-electron chi connectivity index (χ1n) is 4.43. The lowest BCUT2D eigenvalue weighted by Gasteiger charge is -1.90. The monoisotopic (exact) mass is 302 g/mol.